The predicted molar refractivity (Wildman–Crippen MR) is 74.3 cm³/mol. The Morgan fingerprint density at radius 1 is 1.11 bits per heavy atom. The van der Waals surface area contributed by atoms with Gasteiger partial charge in [-0.05, 0) is 19.4 Å². The average Bonchev–Trinajstić information content (AvgIpc) is 2.48. The fourth-order valence-corrected chi connectivity index (χ4v) is 2.02. The lowest BCUT2D eigenvalue weighted by Crippen LogP contribution is -2.07. The lowest BCUT2D eigenvalue weighted by Gasteiger charge is -2.10. The molecule has 0 spiro atoms. The van der Waals surface area contributed by atoms with E-state index in [9.17, 15) is 0 Å². The number of aryl methyl sites for hydroxylation is 1. The Morgan fingerprint density at radius 3 is 2.68 bits per heavy atom. The van der Waals surface area contributed by atoms with Crippen LogP contribution in [0.25, 0.3) is 11.4 Å². The van der Waals surface area contributed by atoms with Crippen molar-refractivity contribution in [2.45, 2.75) is 19.3 Å². The van der Waals surface area contributed by atoms with E-state index in [1.807, 2.05) is 43.3 Å². The lowest BCUT2D eigenvalue weighted by molar-refractivity contribution is 0.770. The van der Waals surface area contributed by atoms with Gasteiger partial charge in [0.15, 0.2) is 5.82 Å². The van der Waals surface area contributed by atoms with Gasteiger partial charge in [0, 0.05) is 5.56 Å². The van der Waals surface area contributed by atoms with Crippen molar-refractivity contribution in [2.24, 2.45) is 0 Å². The number of rotatable bonds is 2. The van der Waals surface area contributed by atoms with Crippen LogP contribution < -0.4 is 0 Å². The SMILES string of the molecule is Cc1nc(-c2ccccc2)nc(C2C#CC=CC2)n1. The first kappa shape index (κ1) is 11.6. The van der Waals surface area contributed by atoms with Crippen LogP contribution in [0, 0.1) is 18.8 Å². The summed E-state index contributed by atoms with van der Waals surface area (Å²) >= 11 is 0. The summed E-state index contributed by atoms with van der Waals surface area (Å²) in [5, 5.41) is 0. The molecule has 3 rings (SSSR count). The van der Waals surface area contributed by atoms with Crippen LogP contribution >= 0.6 is 0 Å². The molecule has 1 unspecified atom stereocenters. The summed E-state index contributed by atoms with van der Waals surface area (Å²) in [6.07, 6.45) is 4.80. The zero-order chi connectivity index (χ0) is 13.1. The molecule has 0 aliphatic heterocycles. The van der Waals surface area contributed by atoms with E-state index in [-0.39, 0.29) is 5.92 Å². The quantitative estimate of drug-likeness (QED) is 0.766. The molecule has 1 aliphatic rings. The molecule has 3 heteroatoms. The molecule has 2 aromatic rings. The second-order valence-corrected chi connectivity index (χ2v) is 4.41. The van der Waals surface area contributed by atoms with Crippen LogP contribution in [0.3, 0.4) is 0 Å². The largest absolute Gasteiger partial charge is 0.217 e. The number of allylic oxidation sites excluding steroid dienone is 2. The first-order valence-corrected chi connectivity index (χ1v) is 6.27. The van der Waals surface area contributed by atoms with E-state index < -0.39 is 0 Å². The molecule has 19 heavy (non-hydrogen) atoms. The Bertz CT molecular complexity index is 678. The summed E-state index contributed by atoms with van der Waals surface area (Å²) in [7, 11) is 0. The van der Waals surface area contributed by atoms with Gasteiger partial charge in [0.1, 0.15) is 11.6 Å². The van der Waals surface area contributed by atoms with Crippen LogP contribution in [0.2, 0.25) is 0 Å². The molecule has 1 aromatic heterocycles. The summed E-state index contributed by atoms with van der Waals surface area (Å²) in [5.74, 6) is 8.44. The third-order valence-electron chi connectivity index (χ3n) is 2.94. The minimum absolute atomic E-state index is 0.0779. The van der Waals surface area contributed by atoms with E-state index in [0.717, 1.165) is 29.5 Å². The highest BCUT2D eigenvalue weighted by molar-refractivity contribution is 5.54. The second-order valence-electron chi connectivity index (χ2n) is 4.41. The molecular weight excluding hydrogens is 234 g/mol. The normalized spacial score (nSPS) is 16.8. The molecule has 92 valence electrons. The second kappa shape index (κ2) is 5.03. The van der Waals surface area contributed by atoms with Gasteiger partial charge in [-0.1, -0.05) is 48.2 Å². The van der Waals surface area contributed by atoms with E-state index in [1.165, 1.54) is 0 Å². The van der Waals surface area contributed by atoms with Crippen LogP contribution in [0.4, 0.5) is 0 Å². The number of hydrogen-bond acceptors (Lipinski definition) is 3. The van der Waals surface area contributed by atoms with Gasteiger partial charge in [0.25, 0.3) is 0 Å². The summed E-state index contributed by atoms with van der Waals surface area (Å²) in [6, 6.07) is 9.96. The monoisotopic (exact) mass is 247 g/mol. The number of hydrogen-bond donors (Lipinski definition) is 0. The van der Waals surface area contributed by atoms with E-state index in [1.54, 1.807) is 0 Å². The summed E-state index contributed by atoms with van der Waals surface area (Å²) < 4.78 is 0. The third kappa shape index (κ3) is 2.53. The topological polar surface area (TPSA) is 38.7 Å². The Hall–Kier alpha value is -2.47. The predicted octanol–water partition coefficient (Wildman–Crippen LogP) is 2.89. The Balaban J connectivity index is 2.03. The van der Waals surface area contributed by atoms with Gasteiger partial charge in [-0.25, -0.2) is 15.0 Å². The van der Waals surface area contributed by atoms with Crippen LogP contribution in [0.15, 0.2) is 42.5 Å². The lowest BCUT2D eigenvalue weighted by atomic mass is 10.0. The van der Waals surface area contributed by atoms with Gasteiger partial charge in [0.05, 0.1) is 5.92 Å². The maximum Gasteiger partial charge on any atom is 0.163 e. The maximum absolute atomic E-state index is 4.57. The molecule has 1 aromatic carbocycles. The summed E-state index contributed by atoms with van der Waals surface area (Å²) in [4.78, 5) is 13.4. The smallest absolute Gasteiger partial charge is 0.163 e. The van der Waals surface area contributed by atoms with Gasteiger partial charge in [-0.2, -0.15) is 0 Å². The molecule has 1 heterocycles. The number of nitrogens with zero attached hydrogens (tertiary/aromatic N) is 3. The van der Waals surface area contributed by atoms with Crippen molar-refractivity contribution in [1.82, 2.24) is 15.0 Å². The van der Waals surface area contributed by atoms with Gasteiger partial charge in [-0.15, -0.1) is 0 Å². The molecule has 0 radical (unpaired) electrons. The van der Waals surface area contributed by atoms with Crippen molar-refractivity contribution in [3.8, 4) is 23.2 Å². The summed E-state index contributed by atoms with van der Waals surface area (Å²) in [6.45, 7) is 1.89. The van der Waals surface area contributed by atoms with E-state index >= 15 is 0 Å². The van der Waals surface area contributed by atoms with Crippen LogP contribution in [-0.2, 0) is 0 Å². The molecule has 0 fully saturated rings. The molecule has 0 N–H and O–H groups in total. The van der Waals surface area contributed by atoms with Crippen molar-refractivity contribution in [1.29, 1.82) is 0 Å². The Kier molecular flexibility index (Phi) is 3.07. The fraction of sp³-hybridized carbons (Fsp3) is 0.188. The van der Waals surface area contributed by atoms with Gasteiger partial charge in [-0.3, -0.25) is 0 Å². The van der Waals surface area contributed by atoms with Gasteiger partial charge < -0.3 is 0 Å². The molecule has 0 amide bonds. The molecule has 0 saturated carbocycles. The molecule has 0 saturated heterocycles. The zero-order valence-electron chi connectivity index (χ0n) is 10.7. The first-order chi connectivity index (χ1) is 9.33. The average molecular weight is 247 g/mol. The minimum atomic E-state index is 0.0779. The molecule has 3 nitrogen and oxygen atoms in total. The number of benzene rings is 1. The highest BCUT2D eigenvalue weighted by Crippen LogP contribution is 2.21. The van der Waals surface area contributed by atoms with E-state index in [0.29, 0.717) is 0 Å². The van der Waals surface area contributed by atoms with Crippen molar-refractivity contribution in [3.63, 3.8) is 0 Å². The fourth-order valence-electron chi connectivity index (χ4n) is 2.02. The third-order valence-corrected chi connectivity index (χ3v) is 2.94. The maximum atomic E-state index is 4.57. The molecule has 1 aliphatic carbocycles. The zero-order valence-corrected chi connectivity index (χ0v) is 10.7. The van der Waals surface area contributed by atoms with Crippen LogP contribution in [-0.4, -0.2) is 15.0 Å². The standard InChI is InChI=1S/C16H13N3/c1-12-17-15(13-8-4-2-5-9-13)19-16(18-12)14-10-6-3-7-11-14/h2-6,8-9,14H,10H2,1H3. The van der Waals surface area contributed by atoms with Crippen LogP contribution in [0.1, 0.15) is 24.0 Å². The molecule has 0 bridgehead atoms. The highest BCUT2D eigenvalue weighted by atomic mass is 15.0. The van der Waals surface area contributed by atoms with Crippen molar-refractivity contribution >= 4 is 0 Å². The van der Waals surface area contributed by atoms with Crippen LogP contribution in [0.5, 0.6) is 0 Å². The summed E-state index contributed by atoms with van der Waals surface area (Å²) in [5.41, 5.74) is 1.01. The van der Waals surface area contributed by atoms with Crippen molar-refractivity contribution < 1.29 is 0 Å². The molecular formula is C16H13N3. The number of aromatic nitrogens is 3. The molecule has 1 atom stereocenters. The Morgan fingerprint density at radius 2 is 1.95 bits per heavy atom. The van der Waals surface area contributed by atoms with Crippen molar-refractivity contribution in [2.75, 3.05) is 0 Å². The first-order valence-electron chi connectivity index (χ1n) is 6.27. The minimum Gasteiger partial charge on any atom is -0.217 e. The van der Waals surface area contributed by atoms with E-state index in [2.05, 4.69) is 32.9 Å². The van der Waals surface area contributed by atoms with Crippen molar-refractivity contribution in [3.05, 3.63) is 54.1 Å². The van der Waals surface area contributed by atoms with Gasteiger partial charge in [0.2, 0.25) is 0 Å². The Labute approximate surface area is 112 Å². The van der Waals surface area contributed by atoms with E-state index in [4.69, 9.17) is 0 Å². The van der Waals surface area contributed by atoms with Gasteiger partial charge >= 0.3 is 0 Å². The highest BCUT2D eigenvalue weighted by Gasteiger charge is 2.14.